The van der Waals surface area contributed by atoms with Crippen LogP contribution in [0.25, 0.3) is 11.1 Å². The summed E-state index contributed by atoms with van der Waals surface area (Å²) < 4.78 is 129. The van der Waals surface area contributed by atoms with Crippen molar-refractivity contribution in [3.63, 3.8) is 0 Å². The van der Waals surface area contributed by atoms with Crippen LogP contribution >= 0.6 is 0 Å². The van der Waals surface area contributed by atoms with E-state index in [1.165, 1.54) is 64.9 Å². The highest BCUT2D eigenvalue weighted by Crippen LogP contribution is 2.44. The summed E-state index contributed by atoms with van der Waals surface area (Å²) in [5.41, 5.74) is 14.2. The van der Waals surface area contributed by atoms with Crippen LogP contribution in [0.4, 0.5) is 11.4 Å². The standard InChI is InChI=1S/C68H67NO11S4/c1-5-48-10-12-49(13-11-48)40-50-14-16-51(17-15-50)41-52-7-6-8-63(42-52)69-62-31-23-55(24-32-62)60(39-47(3)53-25-33-64(34-26-53)82(72,73)74)43-61(56-27-35-65(36-28-56)83(75,76)77)44-67(58-29-37-66(38-30-58)84(78,79)80)57-21-19-54(20-22-57)59-18-9-46(2)68(45-59)81(4,70)71/h6-38,42,45,47,60-61,67,69H,5,39-41,43-44H2,1-4H3,(H,72,73,74)(H,75,76,77)(H,78,79,80). The number of nitrogens with one attached hydrogen (secondary N) is 1. The minimum atomic E-state index is -4.55. The second-order valence-electron chi connectivity index (χ2n) is 21.8. The van der Waals surface area contributed by atoms with Crippen LogP contribution in [0.15, 0.2) is 232 Å². The Hall–Kier alpha value is -7.54. The van der Waals surface area contributed by atoms with E-state index in [1.54, 1.807) is 55.5 Å². The quantitative estimate of drug-likeness (QED) is 0.0441. The first-order chi connectivity index (χ1) is 39.9. The van der Waals surface area contributed by atoms with E-state index < -0.39 is 46.1 Å². The summed E-state index contributed by atoms with van der Waals surface area (Å²) in [5, 5.41) is 3.59. The fourth-order valence-corrected chi connectivity index (χ4v) is 13.6. The molecule has 0 aliphatic rings. The first kappa shape index (κ1) is 61.0. The molecular formula is C68H67NO11S4. The van der Waals surface area contributed by atoms with E-state index in [9.17, 15) is 47.3 Å². The van der Waals surface area contributed by atoms with Crippen LogP contribution in [0, 0.1) is 6.92 Å². The summed E-state index contributed by atoms with van der Waals surface area (Å²) in [6.07, 6.45) is 5.23. The molecule has 0 bridgehead atoms. The molecular weight excluding hydrogens is 1140 g/mol. The lowest BCUT2D eigenvalue weighted by Crippen LogP contribution is -2.14. The molecule has 0 aromatic heterocycles. The van der Waals surface area contributed by atoms with Crippen LogP contribution in [0.5, 0.6) is 0 Å². The van der Waals surface area contributed by atoms with Gasteiger partial charge < -0.3 is 5.32 Å². The van der Waals surface area contributed by atoms with Crippen molar-refractivity contribution in [2.24, 2.45) is 0 Å². The van der Waals surface area contributed by atoms with Gasteiger partial charge in [-0.1, -0.05) is 159 Å². The molecule has 0 spiro atoms. The highest BCUT2D eigenvalue weighted by Gasteiger charge is 2.28. The van der Waals surface area contributed by atoms with Crippen LogP contribution < -0.4 is 5.32 Å². The maximum atomic E-state index is 12.7. The van der Waals surface area contributed by atoms with Gasteiger partial charge in [-0.3, -0.25) is 13.7 Å². The molecule has 0 radical (unpaired) electrons. The third-order valence-electron chi connectivity index (χ3n) is 15.8. The predicted molar refractivity (Wildman–Crippen MR) is 332 cm³/mol. The Kier molecular flexibility index (Phi) is 18.7. The van der Waals surface area contributed by atoms with Gasteiger partial charge in [0.1, 0.15) is 0 Å². The van der Waals surface area contributed by atoms with Gasteiger partial charge in [-0.25, -0.2) is 8.42 Å². The molecule has 4 atom stereocenters. The Morgan fingerprint density at radius 2 is 0.821 bits per heavy atom. The van der Waals surface area contributed by atoms with Gasteiger partial charge in [0, 0.05) is 23.5 Å². The molecule has 16 heteroatoms. The van der Waals surface area contributed by atoms with Gasteiger partial charge >= 0.3 is 0 Å². The van der Waals surface area contributed by atoms with Crippen molar-refractivity contribution in [1.82, 2.24) is 0 Å². The van der Waals surface area contributed by atoms with Crippen molar-refractivity contribution in [1.29, 1.82) is 0 Å². The van der Waals surface area contributed by atoms with Crippen LogP contribution in [-0.4, -0.2) is 53.6 Å². The number of hydrogen-bond donors (Lipinski definition) is 4. The lowest BCUT2D eigenvalue weighted by Gasteiger charge is -2.30. The lowest BCUT2D eigenvalue weighted by atomic mass is 9.74. The zero-order chi connectivity index (χ0) is 60.0. The van der Waals surface area contributed by atoms with E-state index in [0.29, 0.717) is 30.4 Å². The summed E-state index contributed by atoms with van der Waals surface area (Å²) in [6, 6.07) is 65.3. The second-order valence-corrected chi connectivity index (χ2v) is 28.1. The average molecular weight is 1200 g/mol. The van der Waals surface area contributed by atoms with Crippen molar-refractivity contribution in [3.8, 4) is 11.1 Å². The van der Waals surface area contributed by atoms with Crippen LogP contribution in [-0.2, 0) is 59.5 Å². The first-order valence-electron chi connectivity index (χ1n) is 27.6. The molecule has 0 saturated heterocycles. The van der Waals surface area contributed by atoms with Crippen molar-refractivity contribution in [2.75, 3.05) is 11.6 Å². The predicted octanol–water partition coefficient (Wildman–Crippen LogP) is 15.0. The molecule has 84 heavy (non-hydrogen) atoms. The number of aryl methyl sites for hydroxylation is 2. The van der Waals surface area contributed by atoms with Crippen LogP contribution in [0.3, 0.4) is 0 Å². The van der Waals surface area contributed by atoms with Crippen molar-refractivity contribution < 1.29 is 47.3 Å². The highest BCUT2D eigenvalue weighted by molar-refractivity contribution is 7.90. The van der Waals surface area contributed by atoms with Gasteiger partial charge in [-0.05, 0) is 202 Å². The van der Waals surface area contributed by atoms with Gasteiger partial charge in [-0.15, -0.1) is 0 Å². The molecule has 0 amide bonds. The molecule has 9 aromatic carbocycles. The van der Waals surface area contributed by atoms with Gasteiger partial charge in [0.15, 0.2) is 9.84 Å². The molecule has 0 fully saturated rings. The summed E-state index contributed by atoms with van der Waals surface area (Å²) in [4.78, 5) is -0.568. The Balaban J connectivity index is 1.04. The number of sulfone groups is 1. The van der Waals surface area contributed by atoms with E-state index >= 15 is 0 Å². The number of hydrogen-bond acceptors (Lipinski definition) is 9. The molecule has 0 heterocycles. The third-order valence-corrected chi connectivity index (χ3v) is 19.6. The highest BCUT2D eigenvalue weighted by atomic mass is 32.2. The van der Waals surface area contributed by atoms with Crippen LogP contribution in [0.1, 0.15) is 118 Å². The van der Waals surface area contributed by atoms with Gasteiger partial charge in [0.05, 0.1) is 19.6 Å². The summed E-state index contributed by atoms with van der Waals surface area (Å²) in [5.74, 6) is -1.14. The molecule has 9 aromatic rings. The zero-order valence-electron chi connectivity index (χ0n) is 47.0. The van der Waals surface area contributed by atoms with E-state index in [0.717, 1.165) is 69.6 Å². The monoisotopic (exact) mass is 1200 g/mol. The molecule has 9 rings (SSSR count). The molecule has 0 aliphatic heterocycles. The smallest absolute Gasteiger partial charge is 0.294 e. The fraction of sp³-hybridized carbons (Fsp3) is 0.206. The Labute approximate surface area is 494 Å². The van der Waals surface area contributed by atoms with Crippen molar-refractivity contribution >= 4 is 51.6 Å². The van der Waals surface area contributed by atoms with Gasteiger partial charge in [0.25, 0.3) is 30.4 Å². The zero-order valence-corrected chi connectivity index (χ0v) is 50.3. The largest absolute Gasteiger partial charge is 0.356 e. The molecule has 4 unspecified atom stereocenters. The third kappa shape index (κ3) is 15.8. The lowest BCUT2D eigenvalue weighted by molar-refractivity contribution is 0.446. The summed E-state index contributed by atoms with van der Waals surface area (Å²) in [7, 11) is -17.1. The Bertz CT molecular complexity index is 4210. The number of rotatable bonds is 23. The minimum Gasteiger partial charge on any atom is -0.356 e. The maximum absolute atomic E-state index is 12.7. The van der Waals surface area contributed by atoms with Crippen molar-refractivity contribution in [3.05, 3.63) is 274 Å². The second kappa shape index (κ2) is 25.8. The first-order valence-corrected chi connectivity index (χ1v) is 33.8. The normalized spacial score (nSPS) is 13.7. The van der Waals surface area contributed by atoms with E-state index in [1.807, 2.05) is 61.5 Å². The topological polar surface area (TPSA) is 209 Å². The average Bonchev–Trinajstić information content (AvgIpc) is 3.57. The molecule has 0 saturated carbocycles. The summed E-state index contributed by atoms with van der Waals surface area (Å²) in [6.45, 7) is 5.94. The van der Waals surface area contributed by atoms with Crippen molar-refractivity contribution in [2.45, 2.75) is 103 Å². The SMILES string of the molecule is CCc1ccc(Cc2ccc(Cc3cccc(Nc4ccc(C(CC(C)c5ccc(S(=O)(=O)O)cc5)CC(CC(c5ccc(-c6ccc(C)c(S(C)(=O)=O)c6)cc5)c5ccc(S(=O)(=O)O)cc5)c5ccc(S(=O)(=O)O)cc5)cc4)c3)cc2)cc1. The van der Waals surface area contributed by atoms with E-state index in [4.69, 9.17) is 0 Å². The molecule has 0 aliphatic carbocycles. The number of anilines is 2. The maximum Gasteiger partial charge on any atom is 0.294 e. The molecule has 4 N–H and O–H groups in total. The molecule has 12 nitrogen and oxygen atoms in total. The van der Waals surface area contributed by atoms with Gasteiger partial charge in [-0.2, -0.15) is 25.3 Å². The van der Waals surface area contributed by atoms with Gasteiger partial charge in [0.2, 0.25) is 0 Å². The van der Waals surface area contributed by atoms with E-state index in [2.05, 4.69) is 85.0 Å². The minimum absolute atomic E-state index is 0.149. The molecule has 434 valence electrons. The fourth-order valence-electron chi connectivity index (χ4n) is 11.1. The van der Waals surface area contributed by atoms with Crippen LogP contribution in [0.2, 0.25) is 0 Å². The van der Waals surface area contributed by atoms with E-state index in [-0.39, 0.29) is 37.3 Å². The Morgan fingerprint density at radius 3 is 1.30 bits per heavy atom. The summed E-state index contributed by atoms with van der Waals surface area (Å²) >= 11 is 0. The Morgan fingerprint density at radius 1 is 0.405 bits per heavy atom. The number of benzene rings is 9.